The highest BCUT2D eigenvalue weighted by Crippen LogP contribution is 2.37. The third-order valence-electron chi connectivity index (χ3n) is 10.6. The van der Waals surface area contributed by atoms with Crippen LogP contribution in [-0.2, 0) is 0 Å². The molecule has 0 saturated heterocycles. The molecule has 0 amide bonds. The van der Waals surface area contributed by atoms with Gasteiger partial charge in [0.05, 0.1) is 49.5 Å². The fourth-order valence-electron chi connectivity index (χ4n) is 7.74. The van der Waals surface area contributed by atoms with E-state index >= 15 is 0 Å². The second kappa shape index (κ2) is 14.7. The number of hydrogen-bond acceptors (Lipinski definition) is 3. The number of aromatic nitrogens is 5. The molecule has 5 heteroatoms. The molecule has 3 aromatic heterocycles. The van der Waals surface area contributed by atoms with Crippen LogP contribution in [0.25, 0.3) is 111 Å². The van der Waals surface area contributed by atoms with Crippen LogP contribution in [0.2, 0.25) is 0 Å². The monoisotopic (exact) mass is 811 g/mol. The van der Waals surface area contributed by atoms with E-state index in [0.717, 1.165) is 37.0 Å². The standard InChI is InChI=1S/C57H37N5/c1-3-16-38(17-4-1)40-20-13-21-41(34-40)42-22-14-23-43(35-42)44-24-15-25-46(36-44)55-58-56(61-51-29-10-7-26-47(51)48-27-8-11-30-52(48)61)60-57(59-55)62-53-31-12-9-28-49(53)50-33-32-45(37-54(50)62)39-18-5-2-6-19-39/h1-37H/i2D,5D,6D,7D,8D,9D,10D,11D,12D,18D,19D,26D,27D,28D,29D,30D,31D,32D,33D,37D. The van der Waals surface area contributed by atoms with E-state index in [1.807, 2.05) is 78.9 Å². The van der Waals surface area contributed by atoms with Crippen molar-refractivity contribution >= 4 is 43.6 Å². The first-order valence-electron chi connectivity index (χ1n) is 29.3. The van der Waals surface area contributed by atoms with Crippen molar-refractivity contribution in [2.24, 2.45) is 0 Å². The van der Waals surface area contributed by atoms with Crippen molar-refractivity contribution in [1.29, 1.82) is 0 Å². The summed E-state index contributed by atoms with van der Waals surface area (Å²) in [4.78, 5) is 14.6. The predicted molar refractivity (Wildman–Crippen MR) is 256 cm³/mol. The van der Waals surface area contributed by atoms with Crippen molar-refractivity contribution in [3.8, 4) is 67.8 Å². The van der Waals surface area contributed by atoms with Gasteiger partial charge in [0.15, 0.2) is 5.82 Å². The molecule has 0 fully saturated rings. The lowest BCUT2D eigenvalue weighted by molar-refractivity contribution is 0.893. The van der Waals surface area contributed by atoms with Crippen molar-refractivity contribution in [1.82, 2.24) is 24.1 Å². The number of rotatable bonds is 7. The van der Waals surface area contributed by atoms with Gasteiger partial charge in [0.25, 0.3) is 0 Å². The second-order valence-electron chi connectivity index (χ2n) is 14.2. The third kappa shape index (κ3) is 6.06. The van der Waals surface area contributed by atoms with E-state index in [2.05, 4.69) is 6.07 Å². The Labute approximate surface area is 386 Å². The van der Waals surface area contributed by atoms with Gasteiger partial charge in [-0.2, -0.15) is 15.0 Å². The molecule has 0 aliphatic carbocycles. The minimum absolute atomic E-state index is 0.235. The Balaban J connectivity index is 1.22. The lowest BCUT2D eigenvalue weighted by Gasteiger charge is -2.13. The fourth-order valence-corrected chi connectivity index (χ4v) is 7.74. The van der Waals surface area contributed by atoms with Crippen LogP contribution in [0.5, 0.6) is 0 Å². The zero-order valence-electron chi connectivity index (χ0n) is 52.1. The minimum Gasteiger partial charge on any atom is -0.278 e. The van der Waals surface area contributed by atoms with Crippen molar-refractivity contribution in [2.45, 2.75) is 0 Å². The molecular weight excluding hydrogens is 755 g/mol. The SMILES string of the molecule is [2H]c1c([2H])c([2H])c(-c2c([2H])c([2H])c3c4c([2H])c([2H])c([2H])c([2H])c4n(-c4nc(-c5cccc(-c6cccc(-c7cccc(-c8ccccc8)c7)c6)c5)nc(-n5c6c([2H])c([2H])c([2H])c([2H])c6c6c([2H])c([2H])c([2H])c([2H])c65)n4)c3c2[2H])c([2H])c1[2H]. The molecule has 9 aromatic carbocycles. The summed E-state index contributed by atoms with van der Waals surface area (Å²) in [6, 6.07) is 17.4. The highest BCUT2D eigenvalue weighted by Gasteiger charge is 2.21. The van der Waals surface area contributed by atoms with Gasteiger partial charge >= 0.3 is 0 Å². The Bertz CT molecular complexity index is 4720. The van der Waals surface area contributed by atoms with Crippen molar-refractivity contribution in [3.63, 3.8) is 0 Å². The normalized spacial score (nSPS) is 16.1. The van der Waals surface area contributed by atoms with Crippen LogP contribution >= 0.6 is 0 Å². The van der Waals surface area contributed by atoms with Gasteiger partial charge in [-0.1, -0.05) is 182 Å². The van der Waals surface area contributed by atoms with Crippen LogP contribution in [0.4, 0.5) is 0 Å². The molecule has 0 N–H and O–H groups in total. The molecule has 0 saturated carbocycles. The van der Waals surface area contributed by atoms with Crippen molar-refractivity contribution in [3.05, 3.63) is 224 Å². The lowest BCUT2D eigenvalue weighted by atomic mass is 9.96. The molecule has 0 unspecified atom stereocenters. The Morgan fingerprint density at radius 3 is 1.27 bits per heavy atom. The maximum absolute atomic E-state index is 9.93. The molecule has 0 aliphatic heterocycles. The maximum Gasteiger partial charge on any atom is 0.240 e. The van der Waals surface area contributed by atoms with E-state index in [-0.39, 0.29) is 38.6 Å². The molecular formula is C57H37N5. The third-order valence-corrected chi connectivity index (χ3v) is 10.6. The Morgan fingerprint density at radius 2 is 0.726 bits per heavy atom. The molecule has 3 heterocycles. The number of hydrogen-bond donors (Lipinski definition) is 0. The Hall–Kier alpha value is -8.41. The van der Waals surface area contributed by atoms with E-state index in [1.54, 1.807) is 18.2 Å². The van der Waals surface area contributed by atoms with Crippen LogP contribution < -0.4 is 0 Å². The van der Waals surface area contributed by atoms with E-state index in [1.165, 1.54) is 0 Å². The lowest BCUT2D eigenvalue weighted by Crippen LogP contribution is -2.10. The van der Waals surface area contributed by atoms with Gasteiger partial charge in [-0.25, -0.2) is 0 Å². The summed E-state index contributed by atoms with van der Waals surface area (Å²) in [6.45, 7) is 0. The molecule has 0 aliphatic rings. The first-order chi connectivity index (χ1) is 39.0. The molecule has 12 aromatic rings. The van der Waals surface area contributed by atoms with Crippen LogP contribution in [0, 0.1) is 0 Å². The zero-order valence-corrected chi connectivity index (χ0v) is 32.1. The van der Waals surface area contributed by atoms with Gasteiger partial charge in [-0.05, 0) is 86.9 Å². The van der Waals surface area contributed by atoms with Gasteiger partial charge in [0, 0.05) is 27.1 Å². The molecule has 0 atom stereocenters. The quantitative estimate of drug-likeness (QED) is 0.161. The van der Waals surface area contributed by atoms with Crippen LogP contribution in [0.15, 0.2) is 224 Å². The Kier molecular flexibility index (Phi) is 4.91. The highest BCUT2D eigenvalue weighted by molar-refractivity contribution is 6.10. The van der Waals surface area contributed by atoms with Gasteiger partial charge in [0.2, 0.25) is 11.9 Å². The smallest absolute Gasteiger partial charge is 0.240 e. The van der Waals surface area contributed by atoms with E-state index < -0.39 is 160 Å². The van der Waals surface area contributed by atoms with E-state index in [4.69, 9.17) is 32.8 Å². The number of para-hydroxylation sites is 3. The first kappa shape index (κ1) is 20.7. The van der Waals surface area contributed by atoms with Gasteiger partial charge < -0.3 is 0 Å². The summed E-state index contributed by atoms with van der Waals surface area (Å²) < 4.78 is 182. The fraction of sp³-hybridized carbons (Fsp3) is 0. The summed E-state index contributed by atoms with van der Waals surface area (Å²) in [6.07, 6.45) is 0. The molecule has 290 valence electrons. The van der Waals surface area contributed by atoms with E-state index in [0.29, 0.717) is 5.56 Å². The summed E-state index contributed by atoms with van der Waals surface area (Å²) in [5.74, 6) is -1.39. The van der Waals surface area contributed by atoms with Gasteiger partial charge in [0.1, 0.15) is 0 Å². The topological polar surface area (TPSA) is 48.5 Å². The Morgan fingerprint density at radius 1 is 0.306 bits per heavy atom. The van der Waals surface area contributed by atoms with Crippen molar-refractivity contribution in [2.75, 3.05) is 0 Å². The highest BCUT2D eigenvalue weighted by atomic mass is 15.3. The number of fused-ring (bicyclic) bond motifs is 6. The maximum atomic E-state index is 9.93. The largest absolute Gasteiger partial charge is 0.278 e. The minimum atomic E-state index is -0.824. The number of benzene rings is 9. The molecule has 0 radical (unpaired) electrons. The van der Waals surface area contributed by atoms with E-state index in [9.17, 15) is 9.60 Å². The summed E-state index contributed by atoms with van der Waals surface area (Å²) >= 11 is 0. The molecule has 0 bridgehead atoms. The average Bonchev–Trinajstić information content (AvgIpc) is 4.10. The average molecular weight is 812 g/mol. The van der Waals surface area contributed by atoms with Crippen LogP contribution in [0.3, 0.4) is 0 Å². The molecule has 12 rings (SSSR count). The van der Waals surface area contributed by atoms with Gasteiger partial charge in [-0.3, -0.25) is 9.13 Å². The van der Waals surface area contributed by atoms with Crippen LogP contribution in [0.1, 0.15) is 27.4 Å². The summed E-state index contributed by atoms with van der Waals surface area (Å²) in [7, 11) is 0. The predicted octanol–water partition coefficient (Wildman–Crippen LogP) is 14.4. The molecule has 62 heavy (non-hydrogen) atoms. The molecule has 5 nitrogen and oxygen atoms in total. The van der Waals surface area contributed by atoms with Gasteiger partial charge in [-0.15, -0.1) is 0 Å². The number of nitrogens with zero attached hydrogens (tertiary/aromatic N) is 5. The zero-order chi connectivity index (χ0) is 58.4. The molecule has 0 spiro atoms. The van der Waals surface area contributed by atoms with Crippen LogP contribution in [-0.4, -0.2) is 24.1 Å². The summed E-state index contributed by atoms with van der Waals surface area (Å²) in [5.41, 5.74) is 2.45. The first-order valence-corrected chi connectivity index (χ1v) is 19.3. The van der Waals surface area contributed by atoms with Crippen molar-refractivity contribution < 1.29 is 27.4 Å². The second-order valence-corrected chi connectivity index (χ2v) is 14.2. The summed E-state index contributed by atoms with van der Waals surface area (Å²) in [5, 5.41) is -1.44.